The van der Waals surface area contributed by atoms with Gasteiger partial charge in [0.1, 0.15) is 0 Å². The molecule has 0 spiro atoms. The van der Waals surface area contributed by atoms with Crippen molar-refractivity contribution in [2.24, 2.45) is 11.5 Å². The molecule has 12 heavy (non-hydrogen) atoms. The van der Waals surface area contributed by atoms with Crippen LogP contribution in [0, 0.1) is 6.54 Å². The van der Waals surface area contributed by atoms with Crippen LogP contribution in [0.3, 0.4) is 0 Å². The smallest absolute Gasteiger partial charge is 1.00 e. The van der Waals surface area contributed by atoms with Gasteiger partial charge in [-0.15, -0.1) is 6.54 Å². The van der Waals surface area contributed by atoms with Gasteiger partial charge in [-0.2, -0.15) is 0 Å². The molecule has 0 unspecified atom stereocenters. The minimum Gasteiger partial charge on any atom is -1.00 e. The van der Waals surface area contributed by atoms with E-state index >= 15 is 0 Å². The molecule has 5 N–H and O–H groups in total. The first-order chi connectivity index (χ1) is 3.41. The molecule has 0 radical (unpaired) electrons. The first-order valence-corrected chi connectivity index (χ1v) is 2.37. The Morgan fingerprint density at radius 1 is 1.00 bits per heavy atom. The van der Waals surface area contributed by atoms with E-state index in [-0.39, 0.29) is 153 Å². The summed E-state index contributed by atoms with van der Waals surface area (Å²) in [5.41, 5.74) is 10.3. The van der Waals surface area contributed by atoms with E-state index in [2.05, 4.69) is 5.32 Å². The number of rotatable bonds is 4. The van der Waals surface area contributed by atoms with Gasteiger partial charge in [0.25, 0.3) is 0 Å². The molecule has 8 heteroatoms. The summed E-state index contributed by atoms with van der Waals surface area (Å²) in [6.07, 6.45) is 0. The van der Waals surface area contributed by atoms with E-state index in [1.54, 1.807) is 6.54 Å². The Kier molecular flexibility index (Phi) is 108. The van der Waals surface area contributed by atoms with Gasteiger partial charge in [0.15, 0.2) is 0 Å². The summed E-state index contributed by atoms with van der Waals surface area (Å²) in [7, 11) is 0. The Bertz CT molecular complexity index is 50.9. The minimum atomic E-state index is 0. The van der Waals surface area contributed by atoms with Gasteiger partial charge < -0.3 is 22.5 Å². The van der Waals surface area contributed by atoms with Crippen molar-refractivity contribution >= 4 is 0 Å². The summed E-state index contributed by atoms with van der Waals surface area (Å²) in [6, 6.07) is 0. The van der Waals surface area contributed by atoms with Crippen LogP contribution in [-0.2, 0) is 0 Å². The molecule has 0 amide bonds. The molecule has 0 aromatic heterocycles. The molecule has 0 heterocycles. The molecular formula is C4H16N3Na5. The van der Waals surface area contributed by atoms with Gasteiger partial charge in [0.05, 0.1) is 0 Å². The van der Waals surface area contributed by atoms with E-state index < -0.39 is 0 Å². The SMILES string of the molecule is NC[CH-]NCCN.[H-].[H-].[H-].[H-].[Na+].[Na+].[Na+].[Na+].[Na+]. The molecule has 0 aliphatic carbocycles. The number of nitrogens with one attached hydrogen (secondary N) is 1. The summed E-state index contributed by atoms with van der Waals surface area (Å²) in [4.78, 5) is 0. The Hall–Kier alpha value is 4.88. The Labute approximate surface area is 192 Å². The maximum absolute atomic E-state index is 5.15. The average Bonchev–Trinajstić information content (AvgIpc) is 1.69. The van der Waals surface area contributed by atoms with Crippen LogP contribution >= 0.6 is 0 Å². The Morgan fingerprint density at radius 2 is 1.42 bits per heavy atom. The summed E-state index contributed by atoms with van der Waals surface area (Å²) in [6.45, 7) is 3.83. The molecule has 52 valence electrons. The topological polar surface area (TPSA) is 64.1 Å². The summed E-state index contributed by atoms with van der Waals surface area (Å²) in [5.74, 6) is 0. The van der Waals surface area contributed by atoms with Crippen molar-refractivity contribution < 1.29 is 153 Å². The van der Waals surface area contributed by atoms with Gasteiger partial charge in [0.2, 0.25) is 0 Å². The molecule has 0 rings (SSSR count). The maximum Gasteiger partial charge on any atom is 1.00 e. The van der Waals surface area contributed by atoms with Crippen molar-refractivity contribution in [3.63, 3.8) is 0 Å². The van der Waals surface area contributed by atoms with Crippen LogP contribution in [0.25, 0.3) is 0 Å². The van der Waals surface area contributed by atoms with Crippen molar-refractivity contribution in [3.05, 3.63) is 6.54 Å². The van der Waals surface area contributed by atoms with Gasteiger partial charge in [-0.1, -0.05) is 0 Å². The minimum absolute atomic E-state index is 0. The van der Waals surface area contributed by atoms with Gasteiger partial charge in [-0.05, 0) is 6.54 Å². The quantitative estimate of drug-likeness (QED) is 0.251. The fourth-order valence-corrected chi connectivity index (χ4v) is 0.269. The van der Waals surface area contributed by atoms with Crippen molar-refractivity contribution in [2.75, 3.05) is 19.6 Å². The first kappa shape index (κ1) is 36.0. The van der Waals surface area contributed by atoms with Crippen LogP contribution in [0.4, 0.5) is 0 Å². The molecule has 0 fully saturated rings. The van der Waals surface area contributed by atoms with Crippen molar-refractivity contribution in [2.45, 2.75) is 0 Å². The molecule has 0 aliphatic heterocycles. The summed E-state index contributed by atoms with van der Waals surface area (Å²) < 4.78 is 0. The number of hydrogen-bond acceptors (Lipinski definition) is 3. The zero-order valence-corrected chi connectivity index (χ0v) is 19.4. The van der Waals surface area contributed by atoms with Crippen molar-refractivity contribution in [1.29, 1.82) is 0 Å². The van der Waals surface area contributed by atoms with E-state index in [9.17, 15) is 0 Å². The first-order valence-electron chi connectivity index (χ1n) is 2.37. The molecule has 0 aromatic rings. The van der Waals surface area contributed by atoms with Gasteiger partial charge in [-0.3, -0.25) is 6.54 Å². The molecule has 0 saturated carbocycles. The zero-order chi connectivity index (χ0) is 5.54. The predicted molar refractivity (Wildman–Crippen MR) is 34.9 cm³/mol. The third-order valence-corrected chi connectivity index (χ3v) is 0.551. The van der Waals surface area contributed by atoms with Gasteiger partial charge in [-0.25, -0.2) is 0 Å². The van der Waals surface area contributed by atoms with E-state index in [1.807, 2.05) is 0 Å². The molecule has 0 aliphatic rings. The Morgan fingerprint density at radius 3 is 1.67 bits per heavy atom. The molecule has 0 aromatic carbocycles. The Balaban J connectivity index is -0.00000000500. The number of nitrogens with two attached hydrogens (primary N) is 2. The second-order valence-corrected chi connectivity index (χ2v) is 1.18. The molecular weight excluding hydrogens is 205 g/mol. The predicted octanol–water partition coefficient (Wildman–Crippen LogP) is -15.9. The van der Waals surface area contributed by atoms with Crippen molar-refractivity contribution in [3.8, 4) is 0 Å². The molecule has 0 saturated heterocycles. The van der Waals surface area contributed by atoms with Crippen molar-refractivity contribution in [1.82, 2.24) is 5.32 Å². The fourth-order valence-electron chi connectivity index (χ4n) is 0.269. The maximum atomic E-state index is 5.15. The molecule has 0 bridgehead atoms. The monoisotopic (exact) mass is 221 g/mol. The van der Waals surface area contributed by atoms with E-state index in [0.717, 1.165) is 6.54 Å². The van der Waals surface area contributed by atoms with Crippen LogP contribution in [0.1, 0.15) is 5.71 Å². The second kappa shape index (κ2) is 36.0. The fraction of sp³-hybridized carbons (Fsp3) is 0.750. The summed E-state index contributed by atoms with van der Waals surface area (Å²) in [5, 5.41) is 2.91. The van der Waals surface area contributed by atoms with E-state index in [0.29, 0.717) is 13.1 Å². The van der Waals surface area contributed by atoms with Gasteiger partial charge >= 0.3 is 148 Å². The molecule has 0 atom stereocenters. The van der Waals surface area contributed by atoms with E-state index in [1.165, 1.54) is 0 Å². The van der Waals surface area contributed by atoms with Crippen LogP contribution in [-0.4, -0.2) is 19.6 Å². The standard InChI is InChI=1S/C4H12N3.5Na.4H/c5-1-3-7-4-2-6;;;;;;;;;/h3,7H,1-2,4-6H2;;;;;;;;;/q-1;5*+1;4*-1. The van der Waals surface area contributed by atoms with Crippen LogP contribution in [0.5, 0.6) is 0 Å². The summed E-state index contributed by atoms with van der Waals surface area (Å²) >= 11 is 0. The zero-order valence-electron chi connectivity index (χ0n) is 13.4. The number of hydrogen-bond donors (Lipinski definition) is 3. The third kappa shape index (κ3) is 36.4. The largest absolute Gasteiger partial charge is 1.00 e. The normalized spacial score (nSPS) is 5.50. The second-order valence-electron chi connectivity index (χ2n) is 1.18. The van der Waals surface area contributed by atoms with Crippen LogP contribution in [0.15, 0.2) is 0 Å². The van der Waals surface area contributed by atoms with E-state index in [4.69, 9.17) is 11.5 Å². The average molecular weight is 221 g/mol. The van der Waals surface area contributed by atoms with Gasteiger partial charge in [0, 0.05) is 6.54 Å². The van der Waals surface area contributed by atoms with Crippen LogP contribution in [0.2, 0.25) is 0 Å². The van der Waals surface area contributed by atoms with Crippen LogP contribution < -0.4 is 165 Å². The third-order valence-electron chi connectivity index (χ3n) is 0.551. The molecule has 3 nitrogen and oxygen atoms in total.